The summed E-state index contributed by atoms with van der Waals surface area (Å²) >= 11 is 1.89. The van der Waals surface area contributed by atoms with Crippen molar-refractivity contribution in [2.75, 3.05) is 32.2 Å². The van der Waals surface area contributed by atoms with Gasteiger partial charge < -0.3 is 15.4 Å². The zero-order valence-corrected chi connectivity index (χ0v) is 15.4. The largest absolute Gasteiger partial charge is 0.477 e. The lowest BCUT2D eigenvalue weighted by Gasteiger charge is -2.14. The number of aliphatic imine (C=N–C) groups is 1. The molecule has 0 aromatic carbocycles. The molecule has 23 heavy (non-hydrogen) atoms. The van der Waals surface area contributed by atoms with Gasteiger partial charge in [-0.25, -0.2) is 4.98 Å². The van der Waals surface area contributed by atoms with Gasteiger partial charge in [0.05, 0.1) is 6.61 Å². The van der Waals surface area contributed by atoms with Gasteiger partial charge in [-0.2, -0.15) is 11.8 Å². The normalized spacial score (nSPS) is 11.3. The topological polar surface area (TPSA) is 58.5 Å². The summed E-state index contributed by atoms with van der Waals surface area (Å²) < 4.78 is 5.76. The molecule has 0 aliphatic carbocycles. The number of rotatable bonds is 11. The van der Waals surface area contributed by atoms with E-state index in [-0.39, 0.29) is 0 Å². The van der Waals surface area contributed by atoms with E-state index in [4.69, 9.17) is 4.74 Å². The van der Waals surface area contributed by atoms with Crippen LogP contribution in [-0.2, 0) is 6.54 Å². The first kappa shape index (κ1) is 19.6. The molecule has 0 amide bonds. The molecule has 2 N–H and O–H groups in total. The summed E-state index contributed by atoms with van der Waals surface area (Å²) in [5, 5.41) is 6.66. The lowest BCUT2D eigenvalue weighted by atomic mass is 10.2. The van der Waals surface area contributed by atoms with E-state index in [0.717, 1.165) is 37.3 Å². The second-order valence-electron chi connectivity index (χ2n) is 5.22. The van der Waals surface area contributed by atoms with Crippen molar-refractivity contribution in [2.24, 2.45) is 4.99 Å². The van der Waals surface area contributed by atoms with E-state index in [2.05, 4.69) is 33.8 Å². The Hall–Kier alpha value is -1.43. The Bertz CT molecular complexity index is 454. The van der Waals surface area contributed by atoms with Crippen molar-refractivity contribution < 1.29 is 4.74 Å². The summed E-state index contributed by atoms with van der Waals surface area (Å²) in [6, 6.07) is 3.97. The van der Waals surface area contributed by atoms with Crippen LogP contribution in [0.4, 0.5) is 0 Å². The Morgan fingerprint density at radius 2 is 2.17 bits per heavy atom. The van der Waals surface area contributed by atoms with Crippen LogP contribution in [-0.4, -0.2) is 43.2 Å². The van der Waals surface area contributed by atoms with Crippen molar-refractivity contribution in [3.8, 4) is 5.88 Å². The number of ether oxygens (including phenoxy) is 1. The van der Waals surface area contributed by atoms with Crippen molar-refractivity contribution in [3.05, 3.63) is 23.9 Å². The number of pyridine rings is 1. The van der Waals surface area contributed by atoms with Crippen LogP contribution in [0.1, 0.15) is 38.2 Å². The number of aromatic nitrogens is 1. The molecule has 1 aromatic rings. The highest BCUT2D eigenvalue weighted by Crippen LogP contribution is 2.14. The molecule has 0 saturated carbocycles. The van der Waals surface area contributed by atoms with Crippen LogP contribution >= 0.6 is 11.8 Å². The van der Waals surface area contributed by atoms with Crippen LogP contribution < -0.4 is 15.4 Å². The van der Waals surface area contributed by atoms with Crippen molar-refractivity contribution in [2.45, 2.75) is 39.2 Å². The van der Waals surface area contributed by atoms with Gasteiger partial charge in [0.2, 0.25) is 5.88 Å². The third-order valence-electron chi connectivity index (χ3n) is 3.32. The zero-order valence-electron chi connectivity index (χ0n) is 14.6. The highest BCUT2D eigenvalue weighted by Gasteiger charge is 2.05. The minimum absolute atomic E-state index is 0.653. The fourth-order valence-electron chi connectivity index (χ4n) is 1.98. The Balaban J connectivity index is 2.39. The number of nitrogens with zero attached hydrogens (tertiary/aromatic N) is 2. The predicted molar refractivity (Wildman–Crippen MR) is 100 cm³/mol. The van der Waals surface area contributed by atoms with E-state index < -0.39 is 0 Å². The number of hydrogen-bond acceptors (Lipinski definition) is 4. The van der Waals surface area contributed by atoms with E-state index >= 15 is 0 Å². The Labute approximate surface area is 144 Å². The molecule has 130 valence electrons. The van der Waals surface area contributed by atoms with Crippen LogP contribution in [0.2, 0.25) is 0 Å². The van der Waals surface area contributed by atoms with Crippen molar-refractivity contribution in [1.29, 1.82) is 0 Å². The molecule has 0 aliphatic rings. The summed E-state index contributed by atoms with van der Waals surface area (Å²) in [5.74, 6) is 2.74. The second-order valence-corrected chi connectivity index (χ2v) is 6.21. The molecule has 0 fully saturated rings. The number of thioether (sulfide) groups is 1. The molecule has 0 spiro atoms. The molecule has 5 nitrogen and oxygen atoms in total. The van der Waals surface area contributed by atoms with Crippen molar-refractivity contribution in [1.82, 2.24) is 15.6 Å². The molecular weight excluding hydrogens is 308 g/mol. The fraction of sp³-hybridized carbons (Fsp3) is 0.647. The van der Waals surface area contributed by atoms with Crippen molar-refractivity contribution in [3.63, 3.8) is 0 Å². The minimum atomic E-state index is 0.653. The van der Waals surface area contributed by atoms with Gasteiger partial charge in [-0.15, -0.1) is 0 Å². The molecule has 0 radical (unpaired) electrons. The van der Waals surface area contributed by atoms with Gasteiger partial charge in [0, 0.05) is 31.9 Å². The second kappa shape index (κ2) is 13.0. The summed E-state index contributed by atoms with van der Waals surface area (Å²) in [4.78, 5) is 8.58. The summed E-state index contributed by atoms with van der Waals surface area (Å²) in [5.41, 5.74) is 1.05. The molecule has 1 heterocycles. The highest BCUT2D eigenvalue weighted by atomic mass is 32.2. The highest BCUT2D eigenvalue weighted by molar-refractivity contribution is 7.98. The summed E-state index contributed by atoms with van der Waals surface area (Å²) in [7, 11) is 1.79. The van der Waals surface area contributed by atoms with Crippen LogP contribution in [0.3, 0.4) is 0 Å². The van der Waals surface area contributed by atoms with E-state index in [1.165, 1.54) is 12.2 Å². The summed E-state index contributed by atoms with van der Waals surface area (Å²) in [6.07, 6.45) is 8.45. The van der Waals surface area contributed by atoms with Crippen molar-refractivity contribution >= 4 is 17.7 Å². The number of hydrogen-bond donors (Lipinski definition) is 2. The van der Waals surface area contributed by atoms with Crippen LogP contribution in [0.5, 0.6) is 5.88 Å². The quantitative estimate of drug-likeness (QED) is 0.369. The lowest BCUT2D eigenvalue weighted by Crippen LogP contribution is -2.37. The van der Waals surface area contributed by atoms with E-state index in [9.17, 15) is 0 Å². The Morgan fingerprint density at radius 1 is 1.30 bits per heavy atom. The number of nitrogens with one attached hydrogen (secondary N) is 2. The first-order valence-electron chi connectivity index (χ1n) is 8.32. The maximum Gasteiger partial charge on any atom is 0.218 e. The molecule has 0 unspecified atom stereocenters. The van der Waals surface area contributed by atoms with Gasteiger partial charge in [0.15, 0.2) is 5.96 Å². The smallest absolute Gasteiger partial charge is 0.218 e. The monoisotopic (exact) mass is 338 g/mol. The molecular formula is C17H30N4OS. The molecule has 1 aromatic heterocycles. The average molecular weight is 339 g/mol. The molecule has 0 saturated heterocycles. The van der Waals surface area contributed by atoms with Crippen LogP contribution in [0.15, 0.2) is 23.3 Å². The standard InChI is InChI=1S/C17H30N4OS/c1-4-5-12-22-16-15(9-8-11-19-16)14-21-17(18-2)20-10-6-7-13-23-3/h8-9,11H,4-7,10,12-14H2,1-3H3,(H2,18,20,21). The Kier molecular flexibility index (Phi) is 11.1. The van der Waals surface area contributed by atoms with Gasteiger partial charge in [-0.1, -0.05) is 19.4 Å². The lowest BCUT2D eigenvalue weighted by molar-refractivity contribution is 0.294. The van der Waals surface area contributed by atoms with Crippen LogP contribution in [0.25, 0.3) is 0 Å². The SMILES string of the molecule is CCCCOc1ncccc1CNC(=NC)NCCCCSC. The van der Waals surface area contributed by atoms with E-state index in [1.807, 2.05) is 23.9 Å². The zero-order chi connectivity index (χ0) is 16.8. The molecule has 0 aliphatic heterocycles. The van der Waals surface area contributed by atoms with Gasteiger partial charge in [-0.3, -0.25) is 4.99 Å². The van der Waals surface area contributed by atoms with Crippen LogP contribution in [0, 0.1) is 0 Å². The van der Waals surface area contributed by atoms with Gasteiger partial charge >= 0.3 is 0 Å². The third-order valence-corrected chi connectivity index (χ3v) is 4.02. The minimum Gasteiger partial charge on any atom is -0.477 e. The Morgan fingerprint density at radius 3 is 2.91 bits per heavy atom. The summed E-state index contributed by atoms with van der Waals surface area (Å²) in [6.45, 7) is 4.45. The molecule has 1 rings (SSSR count). The average Bonchev–Trinajstić information content (AvgIpc) is 2.58. The first-order valence-corrected chi connectivity index (χ1v) is 9.71. The molecule has 0 atom stereocenters. The predicted octanol–water partition coefficient (Wildman–Crippen LogP) is 3.07. The van der Waals surface area contributed by atoms with Gasteiger partial charge in [0.1, 0.15) is 0 Å². The first-order chi connectivity index (χ1) is 11.3. The molecule has 0 bridgehead atoms. The number of guanidine groups is 1. The maximum atomic E-state index is 5.76. The number of unbranched alkanes of at least 4 members (excludes halogenated alkanes) is 2. The van der Waals surface area contributed by atoms with E-state index in [0.29, 0.717) is 19.0 Å². The van der Waals surface area contributed by atoms with E-state index in [1.54, 1.807) is 13.2 Å². The van der Waals surface area contributed by atoms with Gasteiger partial charge in [-0.05, 0) is 37.3 Å². The fourth-order valence-corrected chi connectivity index (χ4v) is 2.47. The third kappa shape index (κ3) is 8.69. The van der Waals surface area contributed by atoms with Gasteiger partial charge in [0.25, 0.3) is 0 Å². The maximum absolute atomic E-state index is 5.76. The molecule has 6 heteroatoms.